The Morgan fingerprint density at radius 2 is 1.56 bits per heavy atom. The Balaban J connectivity index is 1.57. The van der Waals surface area contributed by atoms with Gasteiger partial charge in [0.05, 0.1) is 0 Å². The van der Waals surface area contributed by atoms with Crippen LogP contribution in [0.1, 0.15) is 30.0 Å². The van der Waals surface area contributed by atoms with Gasteiger partial charge >= 0.3 is 0 Å². The zero-order valence-corrected chi connectivity index (χ0v) is 20.5. The lowest BCUT2D eigenvalue weighted by Crippen LogP contribution is -2.52. The van der Waals surface area contributed by atoms with E-state index in [1.807, 2.05) is 0 Å². The molecule has 0 saturated heterocycles. The molecule has 0 bridgehead atoms. The van der Waals surface area contributed by atoms with Crippen molar-refractivity contribution in [3.8, 4) is 22.1 Å². The highest BCUT2D eigenvalue weighted by molar-refractivity contribution is 7.18. The molecule has 0 atom stereocenters. The number of carbonyl (C=O) groups excluding carboxylic acids is 2. The molecule has 0 saturated carbocycles. The fraction of sp³-hybridized carbons (Fsp3) is 0.154. The third kappa shape index (κ3) is 5.89. The van der Waals surface area contributed by atoms with Gasteiger partial charge in [0.15, 0.2) is 5.13 Å². The number of amides is 2. The van der Waals surface area contributed by atoms with E-state index in [4.69, 9.17) is 4.74 Å². The summed E-state index contributed by atoms with van der Waals surface area (Å²) in [6.07, 6.45) is 0. The van der Waals surface area contributed by atoms with Gasteiger partial charge in [0.1, 0.15) is 34.3 Å². The summed E-state index contributed by atoms with van der Waals surface area (Å²) in [4.78, 5) is 34.3. The van der Waals surface area contributed by atoms with Crippen LogP contribution < -0.4 is 15.4 Å². The van der Waals surface area contributed by atoms with Gasteiger partial charge in [-0.05, 0) is 81.4 Å². The summed E-state index contributed by atoms with van der Waals surface area (Å²) < 4.78 is 32.7. The molecule has 2 aromatic heterocycles. The van der Waals surface area contributed by atoms with E-state index in [1.165, 1.54) is 48.5 Å². The summed E-state index contributed by atoms with van der Waals surface area (Å²) in [5.41, 5.74) is 0.490. The molecule has 0 spiro atoms. The Labute approximate surface area is 210 Å². The van der Waals surface area contributed by atoms with Crippen molar-refractivity contribution in [2.75, 3.05) is 5.32 Å². The van der Waals surface area contributed by atoms with Crippen LogP contribution in [0, 0.1) is 18.6 Å². The molecule has 36 heavy (non-hydrogen) atoms. The summed E-state index contributed by atoms with van der Waals surface area (Å²) in [5, 5.41) is 5.90. The first-order chi connectivity index (χ1) is 17.1. The first-order valence-corrected chi connectivity index (χ1v) is 11.7. The molecule has 4 aromatic rings. The monoisotopic (exact) mass is 508 g/mol. The Bertz CT molecular complexity index is 1400. The topological polar surface area (TPSA) is 93.2 Å². The van der Waals surface area contributed by atoms with Crippen LogP contribution in [0.5, 0.6) is 10.8 Å². The van der Waals surface area contributed by atoms with Crippen LogP contribution in [0.4, 0.5) is 13.9 Å². The van der Waals surface area contributed by atoms with E-state index in [9.17, 15) is 18.4 Å². The van der Waals surface area contributed by atoms with Crippen molar-refractivity contribution < 1.29 is 23.1 Å². The van der Waals surface area contributed by atoms with Crippen molar-refractivity contribution >= 4 is 28.3 Å². The fourth-order valence-electron chi connectivity index (χ4n) is 3.16. The highest BCUT2D eigenvalue weighted by atomic mass is 32.1. The largest absolute Gasteiger partial charge is 0.444 e. The summed E-state index contributed by atoms with van der Waals surface area (Å²) in [5.74, 6) is -1.48. The standard InChI is InChI=1S/C26H22F2N4O3S/c1-15-5-4-6-20(29-15)22(33)32-26(2,3)24(34)31-25-30-21(16-7-9-17(27)10-8-16)23(36-25)35-19-13-11-18(28)12-14-19/h4-14H,1-3H3,(H,32,33)(H,30,31,34). The lowest BCUT2D eigenvalue weighted by atomic mass is 10.0. The first-order valence-electron chi connectivity index (χ1n) is 10.9. The van der Waals surface area contributed by atoms with Gasteiger partial charge < -0.3 is 10.1 Å². The van der Waals surface area contributed by atoms with Crippen molar-refractivity contribution in [2.45, 2.75) is 26.3 Å². The molecule has 184 valence electrons. The second-order valence-corrected chi connectivity index (χ2v) is 9.38. The summed E-state index contributed by atoms with van der Waals surface area (Å²) >= 11 is 1.04. The van der Waals surface area contributed by atoms with Crippen LogP contribution in [-0.2, 0) is 4.79 Å². The van der Waals surface area contributed by atoms with Crippen molar-refractivity contribution in [1.29, 1.82) is 0 Å². The van der Waals surface area contributed by atoms with Gasteiger partial charge in [-0.25, -0.2) is 18.7 Å². The van der Waals surface area contributed by atoms with Crippen molar-refractivity contribution in [3.05, 3.63) is 89.8 Å². The number of hydrogen-bond acceptors (Lipinski definition) is 6. The number of nitrogens with one attached hydrogen (secondary N) is 2. The van der Waals surface area contributed by atoms with Crippen LogP contribution >= 0.6 is 11.3 Å². The van der Waals surface area contributed by atoms with Gasteiger partial charge in [-0.2, -0.15) is 0 Å². The van der Waals surface area contributed by atoms with E-state index in [-0.39, 0.29) is 10.8 Å². The number of halogens is 2. The summed E-state index contributed by atoms with van der Waals surface area (Å²) in [6, 6.07) is 16.1. The number of aromatic nitrogens is 2. The lowest BCUT2D eigenvalue weighted by molar-refractivity contribution is -0.120. The summed E-state index contributed by atoms with van der Waals surface area (Å²) in [7, 11) is 0. The maximum Gasteiger partial charge on any atom is 0.270 e. The number of benzene rings is 2. The third-order valence-corrected chi connectivity index (χ3v) is 5.92. The Hall–Kier alpha value is -4.18. The molecule has 4 rings (SSSR count). The highest BCUT2D eigenvalue weighted by Crippen LogP contribution is 2.40. The van der Waals surface area contributed by atoms with Gasteiger partial charge in [-0.15, -0.1) is 0 Å². The second kappa shape index (κ2) is 10.2. The van der Waals surface area contributed by atoms with Crippen LogP contribution in [0.25, 0.3) is 11.3 Å². The predicted molar refractivity (Wildman–Crippen MR) is 133 cm³/mol. The van der Waals surface area contributed by atoms with E-state index in [2.05, 4.69) is 20.6 Å². The molecule has 0 aliphatic rings. The Morgan fingerprint density at radius 1 is 0.917 bits per heavy atom. The maximum atomic E-state index is 13.5. The van der Waals surface area contributed by atoms with Gasteiger partial charge in [-0.1, -0.05) is 17.4 Å². The van der Waals surface area contributed by atoms with E-state index in [1.54, 1.807) is 39.0 Å². The smallest absolute Gasteiger partial charge is 0.270 e. The van der Waals surface area contributed by atoms with Crippen LogP contribution in [0.3, 0.4) is 0 Å². The van der Waals surface area contributed by atoms with Gasteiger partial charge in [0.25, 0.3) is 11.8 Å². The molecule has 0 radical (unpaired) electrons. The minimum absolute atomic E-state index is 0.193. The van der Waals surface area contributed by atoms with E-state index in [0.29, 0.717) is 27.8 Å². The SMILES string of the molecule is Cc1cccc(C(=O)NC(C)(C)C(=O)Nc2nc(-c3ccc(F)cc3)c(Oc3ccc(F)cc3)s2)n1. The van der Waals surface area contributed by atoms with Gasteiger partial charge in [-0.3, -0.25) is 14.9 Å². The molecule has 0 fully saturated rings. The molecule has 2 N–H and O–H groups in total. The number of aryl methyl sites for hydroxylation is 1. The fourth-order valence-corrected chi connectivity index (χ4v) is 4.01. The van der Waals surface area contributed by atoms with Crippen LogP contribution in [0.2, 0.25) is 0 Å². The van der Waals surface area contributed by atoms with Crippen LogP contribution in [0.15, 0.2) is 66.7 Å². The normalized spacial score (nSPS) is 11.1. The number of nitrogens with zero attached hydrogens (tertiary/aromatic N) is 2. The molecule has 0 aliphatic carbocycles. The zero-order chi connectivity index (χ0) is 25.9. The van der Waals surface area contributed by atoms with Crippen molar-refractivity contribution in [2.24, 2.45) is 0 Å². The van der Waals surface area contributed by atoms with E-state index < -0.39 is 29.0 Å². The zero-order valence-electron chi connectivity index (χ0n) is 19.6. The molecule has 2 aromatic carbocycles. The van der Waals surface area contributed by atoms with Crippen molar-refractivity contribution in [3.63, 3.8) is 0 Å². The number of hydrogen-bond donors (Lipinski definition) is 2. The molecular weight excluding hydrogens is 486 g/mol. The van der Waals surface area contributed by atoms with Gasteiger partial charge in [0.2, 0.25) is 5.06 Å². The minimum Gasteiger partial charge on any atom is -0.444 e. The number of rotatable bonds is 7. The first kappa shape index (κ1) is 24.9. The Kier molecular flexibility index (Phi) is 7.07. The molecule has 0 aliphatic heterocycles. The number of ether oxygens (including phenoxy) is 1. The van der Waals surface area contributed by atoms with E-state index in [0.717, 1.165) is 11.3 Å². The quantitative estimate of drug-likeness (QED) is 0.333. The average molecular weight is 509 g/mol. The maximum absolute atomic E-state index is 13.5. The third-order valence-electron chi connectivity index (χ3n) is 5.07. The molecule has 7 nitrogen and oxygen atoms in total. The molecular formula is C26H22F2N4O3S. The van der Waals surface area contributed by atoms with Crippen LogP contribution in [-0.4, -0.2) is 27.3 Å². The number of anilines is 1. The lowest BCUT2D eigenvalue weighted by Gasteiger charge is -2.24. The average Bonchev–Trinajstić information content (AvgIpc) is 3.22. The number of thiazole rings is 1. The minimum atomic E-state index is -1.30. The van der Waals surface area contributed by atoms with Gasteiger partial charge in [0, 0.05) is 11.3 Å². The molecule has 10 heteroatoms. The van der Waals surface area contributed by atoms with E-state index >= 15 is 0 Å². The second-order valence-electron chi connectivity index (χ2n) is 8.42. The molecule has 2 heterocycles. The molecule has 2 amide bonds. The number of pyridine rings is 1. The van der Waals surface area contributed by atoms with Crippen molar-refractivity contribution in [1.82, 2.24) is 15.3 Å². The molecule has 0 unspecified atom stereocenters. The summed E-state index contributed by atoms with van der Waals surface area (Å²) in [6.45, 7) is 4.88. The highest BCUT2D eigenvalue weighted by Gasteiger charge is 2.31. The predicted octanol–water partition coefficient (Wildman–Crippen LogP) is 5.73. The number of carbonyl (C=O) groups is 2. The Morgan fingerprint density at radius 3 is 2.19 bits per heavy atom.